The van der Waals surface area contributed by atoms with Crippen molar-refractivity contribution in [1.82, 2.24) is 10.6 Å². The summed E-state index contributed by atoms with van der Waals surface area (Å²) in [7, 11) is 0. The Hall–Kier alpha value is -2.13. The van der Waals surface area contributed by atoms with Gasteiger partial charge in [0.1, 0.15) is 12.6 Å². The van der Waals surface area contributed by atoms with E-state index >= 15 is 0 Å². The summed E-state index contributed by atoms with van der Waals surface area (Å²) in [5, 5.41) is 5.91. The average molecular weight is 441 g/mol. The Bertz CT molecular complexity index is 728. The smallest absolute Gasteiger partial charge is 0.407 e. The molecule has 168 valence electrons. The lowest BCUT2D eigenvalue weighted by atomic mass is 10.1. The molecule has 1 aromatic rings. The predicted octanol–water partition coefficient (Wildman–Crippen LogP) is 3.17. The van der Waals surface area contributed by atoms with Crippen LogP contribution in [0, 0.1) is 6.92 Å². The van der Waals surface area contributed by atoms with Crippen molar-refractivity contribution in [2.45, 2.75) is 52.0 Å². The van der Waals surface area contributed by atoms with Gasteiger partial charge in [0.05, 0.1) is 6.61 Å². The number of fused-ring (bicyclic) bond motifs is 1. The van der Waals surface area contributed by atoms with Crippen LogP contribution in [0.1, 0.15) is 44.1 Å². The second-order valence-electron chi connectivity index (χ2n) is 7.22. The molecule has 0 spiro atoms. The topological polar surface area (TPSA) is 95.1 Å². The first-order valence-electron chi connectivity index (χ1n) is 10.2. The van der Waals surface area contributed by atoms with Gasteiger partial charge in [-0.05, 0) is 44.0 Å². The summed E-state index contributed by atoms with van der Waals surface area (Å²) in [6.45, 7) is 10.7. The fraction of sp³-hybridized carbons (Fsp3) is 0.619. The minimum absolute atomic E-state index is 0.0785. The Balaban J connectivity index is 1.72. The standard InChI is InChI=1S/C21H32N2O6S/c1-6-26-20(24)17(23-13(2)3)11-22-21(25)27-7-8-30-15(5)16-10-19-18(9-14(16)4)28-12-29-19/h9-10,13,15,17,23H,6-8,11-12H2,1-5H3,(H,22,25)/t15?,17-/m0/s1. The first-order chi connectivity index (χ1) is 14.3. The number of amides is 1. The van der Waals surface area contributed by atoms with Crippen molar-refractivity contribution in [3.8, 4) is 11.5 Å². The number of alkyl carbamates (subject to hydrolysis) is 1. The zero-order chi connectivity index (χ0) is 22.1. The normalized spacial score (nSPS) is 14.3. The lowest BCUT2D eigenvalue weighted by Gasteiger charge is -2.20. The first kappa shape index (κ1) is 24.1. The van der Waals surface area contributed by atoms with Crippen LogP contribution in [0.5, 0.6) is 11.5 Å². The van der Waals surface area contributed by atoms with E-state index in [0.717, 1.165) is 17.1 Å². The van der Waals surface area contributed by atoms with Crippen LogP contribution in [-0.4, -0.2) is 56.5 Å². The van der Waals surface area contributed by atoms with Crippen LogP contribution in [0.3, 0.4) is 0 Å². The zero-order valence-electron chi connectivity index (χ0n) is 18.3. The second kappa shape index (κ2) is 11.9. The van der Waals surface area contributed by atoms with E-state index in [-0.39, 0.29) is 37.8 Å². The molecule has 1 aromatic carbocycles. The molecule has 0 fully saturated rings. The lowest BCUT2D eigenvalue weighted by Crippen LogP contribution is -2.49. The van der Waals surface area contributed by atoms with Crippen LogP contribution >= 0.6 is 11.8 Å². The SMILES string of the molecule is CCOC(=O)[C@H](CNC(=O)OCCSC(C)c1cc2c(cc1C)OCO2)NC(C)C. The van der Waals surface area contributed by atoms with Crippen molar-refractivity contribution in [2.24, 2.45) is 0 Å². The fourth-order valence-corrected chi connectivity index (χ4v) is 4.00. The Morgan fingerprint density at radius 3 is 2.53 bits per heavy atom. The van der Waals surface area contributed by atoms with Crippen molar-refractivity contribution >= 4 is 23.8 Å². The van der Waals surface area contributed by atoms with Gasteiger partial charge in [-0.3, -0.25) is 4.79 Å². The van der Waals surface area contributed by atoms with Gasteiger partial charge in [0, 0.05) is 23.6 Å². The number of aryl methyl sites for hydroxylation is 1. The molecule has 0 saturated carbocycles. The zero-order valence-corrected chi connectivity index (χ0v) is 19.1. The molecule has 1 aliphatic rings. The number of thioether (sulfide) groups is 1. The monoisotopic (exact) mass is 440 g/mol. The van der Waals surface area contributed by atoms with Gasteiger partial charge in [-0.15, -0.1) is 0 Å². The number of esters is 1. The molecule has 1 aliphatic heterocycles. The van der Waals surface area contributed by atoms with Crippen LogP contribution in [0.2, 0.25) is 0 Å². The molecular weight excluding hydrogens is 408 g/mol. The molecule has 1 amide bonds. The highest BCUT2D eigenvalue weighted by atomic mass is 32.2. The summed E-state index contributed by atoms with van der Waals surface area (Å²) >= 11 is 1.69. The van der Waals surface area contributed by atoms with Gasteiger partial charge in [-0.25, -0.2) is 4.79 Å². The molecule has 2 atom stereocenters. The lowest BCUT2D eigenvalue weighted by molar-refractivity contribution is -0.145. The number of hydrogen-bond acceptors (Lipinski definition) is 8. The van der Waals surface area contributed by atoms with Crippen molar-refractivity contribution in [2.75, 3.05) is 32.3 Å². The van der Waals surface area contributed by atoms with E-state index in [4.69, 9.17) is 18.9 Å². The van der Waals surface area contributed by atoms with E-state index in [0.29, 0.717) is 5.75 Å². The summed E-state index contributed by atoms with van der Waals surface area (Å²) in [4.78, 5) is 23.9. The third-order valence-electron chi connectivity index (χ3n) is 4.44. The van der Waals surface area contributed by atoms with E-state index in [9.17, 15) is 9.59 Å². The number of carbonyl (C=O) groups is 2. The highest BCUT2D eigenvalue weighted by Gasteiger charge is 2.22. The quantitative estimate of drug-likeness (QED) is 0.400. The molecule has 0 bridgehead atoms. The summed E-state index contributed by atoms with van der Waals surface area (Å²) in [6.07, 6.45) is -0.553. The molecule has 2 N–H and O–H groups in total. The Morgan fingerprint density at radius 1 is 1.17 bits per heavy atom. The molecule has 2 rings (SSSR count). The van der Waals surface area contributed by atoms with Crippen LogP contribution in [0.4, 0.5) is 4.79 Å². The minimum Gasteiger partial charge on any atom is -0.465 e. The van der Waals surface area contributed by atoms with Crippen LogP contribution in [0.15, 0.2) is 12.1 Å². The number of hydrogen-bond donors (Lipinski definition) is 2. The summed E-state index contributed by atoms with van der Waals surface area (Å²) in [5.74, 6) is 1.80. The summed E-state index contributed by atoms with van der Waals surface area (Å²) in [5.41, 5.74) is 2.31. The minimum atomic E-state index is -0.610. The van der Waals surface area contributed by atoms with Gasteiger partial charge in [-0.1, -0.05) is 13.8 Å². The fourth-order valence-electron chi connectivity index (χ4n) is 3.04. The van der Waals surface area contributed by atoms with Crippen molar-refractivity contribution in [1.29, 1.82) is 0 Å². The van der Waals surface area contributed by atoms with Gasteiger partial charge in [0.2, 0.25) is 6.79 Å². The van der Waals surface area contributed by atoms with Crippen LogP contribution in [-0.2, 0) is 14.3 Å². The maximum Gasteiger partial charge on any atom is 0.407 e. The second-order valence-corrected chi connectivity index (χ2v) is 8.67. The van der Waals surface area contributed by atoms with E-state index in [2.05, 4.69) is 17.6 Å². The molecule has 0 aliphatic carbocycles. The van der Waals surface area contributed by atoms with Gasteiger partial charge in [0.25, 0.3) is 0 Å². The summed E-state index contributed by atoms with van der Waals surface area (Å²) < 4.78 is 21.1. The van der Waals surface area contributed by atoms with E-state index in [1.54, 1.807) is 18.7 Å². The maximum absolute atomic E-state index is 12.0. The Kier molecular flexibility index (Phi) is 9.58. The van der Waals surface area contributed by atoms with E-state index in [1.807, 2.05) is 32.9 Å². The summed E-state index contributed by atoms with van der Waals surface area (Å²) in [6, 6.07) is 3.47. The molecule has 1 unspecified atom stereocenters. The molecule has 9 heteroatoms. The van der Waals surface area contributed by atoms with Gasteiger partial charge in [0.15, 0.2) is 11.5 Å². The van der Waals surface area contributed by atoms with Crippen molar-refractivity contribution in [3.05, 3.63) is 23.3 Å². The maximum atomic E-state index is 12.0. The first-order valence-corrected chi connectivity index (χ1v) is 11.2. The molecule has 1 heterocycles. The number of ether oxygens (including phenoxy) is 4. The van der Waals surface area contributed by atoms with E-state index < -0.39 is 18.1 Å². The largest absolute Gasteiger partial charge is 0.465 e. The average Bonchev–Trinajstić information content (AvgIpc) is 3.14. The number of rotatable bonds is 11. The third-order valence-corrected chi connectivity index (χ3v) is 5.60. The van der Waals surface area contributed by atoms with Crippen LogP contribution < -0.4 is 20.1 Å². The number of nitrogens with one attached hydrogen (secondary N) is 2. The number of carbonyl (C=O) groups excluding carboxylic acids is 2. The molecular formula is C21H32N2O6S. The highest BCUT2D eigenvalue weighted by molar-refractivity contribution is 7.99. The molecule has 0 aromatic heterocycles. The Morgan fingerprint density at radius 2 is 1.87 bits per heavy atom. The molecule has 0 radical (unpaired) electrons. The predicted molar refractivity (Wildman–Crippen MR) is 116 cm³/mol. The molecule has 30 heavy (non-hydrogen) atoms. The number of benzene rings is 1. The van der Waals surface area contributed by atoms with E-state index in [1.165, 1.54) is 5.56 Å². The Labute approximate surface area is 182 Å². The van der Waals surface area contributed by atoms with Crippen LogP contribution in [0.25, 0.3) is 0 Å². The van der Waals surface area contributed by atoms with Gasteiger partial charge in [-0.2, -0.15) is 11.8 Å². The highest BCUT2D eigenvalue weighted by Crippen LogP contribution is 2.39. The van der Waals surface area contributed by atoms with Gasteiger partial charge >= 0.3 is 12.1 Å². The molecule has 0 saturated heterocycles. The van der Waals surface area contributed by atoms with Crippen molar-refractivity contribution < 1.29 is 28.5 Å². The van der Waals surface area contributed by atoms with Gasteiger partial charge < -0.3 is 29.6 Å². The van der Waals surface area contributed by atoms with Crippen molar-refractivity contribution in [3.63, 3.8) is 0 Å². The third kappa shape index (κ3) is 7.28. The molecule has 8 nitrogen and oxygen atoms in total.